The second-order valence-corrected chi connectivity index (χ2v) is 8.49. The van der Waals surface area contributed by atoms with Gasteiger partial charge in [-0.05, 0) is 18.2 Å². The number of nitrogens with zero attached hydrogens (tertiary/aromatic N) is 2. The number of halogens is 2. The lowest BCUT2D eigenvalue weighted by molar-refractivity contribution is 0.354. The van der Waals surface area contributed by atoms with Crippen molar-refractivity contribution in [3.8, 4) is 0 Å². The average molecular weight is 375 g/mol. The lowest BCUT2D eigenvalue weighted by atomic mass is 10.2. The van der Waals surface area contributed by atoms with E-state index in [2.05, 4.69) is 4.98 Å². The molecule has 5 nitrogen and oxygen atoms in total. The maximum atomic E-state index is 12.8. The zero-order chi connectivity index (χ0) is 16.8. The zero-order valence-electron chi connectivity index (χ0n) is 12.7. The van der Waals surface area contributed by atoms with E-state index in [0.717, 1.165) is 5.76 Å². The van der Waals surface area contributed by atoms with Crippen LogP contribution in [0.5, 0.6) is 0 Å². The number of hydrogen-bond donors (Lipinski definition) is 0. The predicted octanol–water partition coefficient (Wildman–Crippen LogP) is 3.85. The molecule has 0 saturated carbocycles. The van der Waals surface area contributed by atoms with Gasteiger partial charge in [0.2, 0.25) is 10.0 Å². The van der Waals surface area contributed by atoms with Crippen LogP contribution in [0.2, 0.25) is 10.0 Å². The van der Waals surface area contributed by atoms with Crippen LogP contribution in [-0.2, 0) is 23.0 Å². The quantitative estimate of drug-likeness (QED) is 0.818. The number of sulfonamides is 1. The molecular formula is C15H16Cl2N2O3S. The summed E-state index contributed by atoms with van der Waals surface area (Å²) in [7, 11) is -3.65. The minimum absolute atomic E-state index is 0.128. The fraction of sp³-hybridized carbons (Fsp3) is 0.400. The summed E-state index contributed by atoms with van der Waals surface area (Å²) in [5.41, 5.74) is 0.684. The van der Waals surface area contributed by atoms with Crippen molar-refractivity contribution >= 4 is 33.2 Å². The Balaban J connectivity index is 1.91. The van der Waals surface area contributed by atoms with Gasteiger partial charge in [0.25, 0.3) is 0 Å². The summed E-state index contributed by atoms with van der Waals surface area (Å²) in [6, 6.07) is 4.32. The summed E-state index contributed by atoms with van der Waals surface area (Å²) in [5.74, 6) is 1.58. The zero-order valence-corrected chi connectivity index (χ0v) is 15.0. The molecular weight excluding hydrogens is 359 g/mol. The lowest BCUT2D eigenvalue weighted by Gasteiger charge is -2.24. The number of hydrogen-bond acceptors (Lipinski definition) is 4. The largest absolute Gasteiger partial charge is 0.445 e. The second kappa shape index (κ2) is 6.09. The molecule has 0 amide bonds. The van der Waals surface area contributed by atoms with Gasteiger partial charge in [-0.15, -0.1) is 0 Å². The van der Waals surface area contributed by atoms with E-state index >= 15 is 0 Å². The van der Waals surface area contributed by atoms with Crippen molar-refractivity contribution in [3.63, 3.8) is 0 Å². The lowest BCUT2D eigenvalue weighted by Crippen LogP contribution is -2.35. The van der Waals surface area contributed by atoms with E-state index in [1.807, 2.05) is 13.8 Å². The van der Waals surface area contributed by atoms with Gasteiger partial charge in [0, 0.05) is 18.9 Å². The molecule has 1 aromatic heterocycles. The van der Waals surface area contributed by atoms with Gasteiger partial charge in [0.1, 0.15) is 5.76 Å². The molecule has 1 aliphatic heterocycles. The van der Waals surface area contributed by atoms with E-state index < -0.39 is 10.0 Å². The third kappa shape index (κ3) is 3.13. The van der Waals surface area contributed by atoms with Crippen LogP contribution >= 0.6 is 23.2 Å². The van der Waals surface area contributed by atoms with E-state index in [0.29, 0.717) is 29.6 Å². The van der Waals surface area contributed by atoms with Crippen LogP contribution in [0.1, 0.15) is 37.1 Å². The van der Waals surface area contributed by atoms with Gasteiger partial charge in [-0.25, -0.2) is 13.4 Å². The number of benzene rings is 1. The van der Waals surface area contributed by atoms with Gasteiger partial charge in [0.15, 0.2) is 5.89 Å². The van der Waals surface area contributed by atoms with Crippen molar-refractivity contribution in [1.82, 2.24) is 9.29 Å². The fourth-order valence-corrected chi connectivity index (χ4v) is 4.22. The number of aromatic nitrogens is 1. The molecule has 124 valence electrons. The third-order valence-corrected chi connectivity index (χ3v) is 6.31. The molecule has 23 heavy (non-hydrogen) atoms. The Kier molecular flexibility index (Phi) is 4.44. The molecule has 0 atom stereocenters. The van der Waals surface area contributed by atoms with Crippen LogP contribution in [0.4, 0.5) is 0 Å². The van der Waals surface area contributed by atoms with Crippen molar-refractivity contribution in [2.75, 3.05) is 6.54 Å². The van der Waals surface area contributed by atoms with Crippen LogP contribution in [0.3, 0.4) is 0 Å². The van der Waals surface area contributed by atoms with Crippen LogP contribution in [0, 0.1) is 0 Å². The Labute approximate surface area is 145 Å². The summed E-state index contributed by atoms with van der Waals surface area (Å²) in [6.07, 6.45) is 0.510. The summed E-state index contributed by atoms with van der Waals surface area (Å²) >= 11 is 11.8. The minimum atomic E-state index is -3.65. The molecule has 0 fully saturated rings. The van der Waals surface area contributed by atoms with Crippen molar-refractivity contribution in [1.29, 1.82) is 0 Å². The van der Waals surface area contributed by atoms with E-state index in [1.54, 1.807) is 0 Å². The minimum Gasteiger partial charge on any atom is -0.445 e. The van der Waals surface area contributed by atoms with E-state index in [9.17, 15) is 8.42 Å². The normalized spacial score (nSPS) is 15.9. The summed E-state index contributed by atoms with van der Waals surface area (Å²) in [5, 5.41) is 0.540. The standard InChI is InChI=1S/C15H16Cl2N2O3S/c1-9(2)15-18-13-8-19(6-5-14(13)22-15)23(20,21)10-3-4-11(16)12(17)7-10/h3-4,7,9H,5-6,8H2,1-2H3. The number of rotatable bonds is 3. The highest BCUT2D eigenvalue weighted by Gasteiger charge is 2.31. The summed E-state index contributed by atoms with van der Waals surface area (Å²) in [4.78, 5) is 4.55. The molecule has 0 spiro atoms. The first kappa shape index (κ1) is 16.8. The fourth-order valence-electron chi connectivity index (χ4n) is 2.43. The van der Waals surface area contributed by atoms with Crippen molar-refractivity contribution < 1.29 is 12.8 Å². The first-order chi connectivity index (χ1) is 10.8. The average Bonchev–Trinajstić information content (AvgIpc) is 2.93. The Morgan fingerprint density at radius 3 is 2.65 bits per heavy atom. The van der Waals surface area contributed by atoms with Gasteiger partial charge >= 0.3 is 0 Å². The van der Waals surface area contributed by atoms with Crippen LogP contribution in [0.15, 0.2) is 27.5 Å². The molecule has 3 rings (SSSR count). The van der Waals surface area contributed by atoms with Crippen LogP contribution < -0.4 is 0 Å². The number of fused-ring (bicyclic) bond motifs is 1. The van der Waals surface area contributed by atoms with Gasteiger partial charge in [-0.2, -0.15) is 4.31 Å². The topological polar surface area (TPSA) is 63.4 Å². The highest BCUT2D eigenvalue weighted by atomic mass is 35.5. The molecule has 2 heterocycles. The molecule has 8 heteroatoms. The Hall–Kier alpha value is -1.08. The summed E-state index contributed by atoms with van der Waals surface area (Å²) in [6.45, 7) is 4.53. The van der Waals surface area contributed by atoms with E-state index in [1.165, 1.54) is 22.5 Å². The van der Waals surface area contributed by atoms with Gasteiger partial charge < -0.3 is 4.42 Å². The highest BCUT2D eigenvalue weighted by Crippen LogP contribution is 2.30. The molecule has 0 unspecified atom stereocenters. The first-order valence-corrected chi connectivity index (χ1v) is 9.42. The Morgan fingerprint density at radius 2 is 2.00 bits per heavy atom. The smallest absolute Gasteiger partial charge is 0.243 e. The third-order valence-electron chi connectivity index (χ3n) is 3.73. The van der Waals surface area contributed by atoms with Crippen molar-refractivity contribution in [2.24, 2.45) is 0 Å². The first-order valence-electron chi connectivity index (χ1n) is 7.22. The molecule has 0 aliphatic carbocycles. The molecule has 1 aromatic carbocycles. The SMILES string of the molecule is CC(C)c1nc2c(o1)CCN(S(=O)(=O)c1ccc(Cl)c(Cl)c1)C2. The summed E-state index contributed by atoms with van der Waals surface area (Å²) < 4.78 is 32.6. The number of oxazole rings is 1. The second-order valence-electron chi connectivity index (χ2n) is 5.74. The molecule has 0 N–H and O–H groups in total. The van der Waals surface area contributed by atoms with Crippen molar-refractivity contribution in [3.05, 3.63) is 45.6 Å². The molecule has 2 aromatic rings. The Bertz CT molecular complexity index is 846. The van der Waals surface area contributed by atoms with E-state index in [-0.39, 0.29) is 22.4 Å². The maximum absolute atomic E-state index is 12.8. The molecule has 0 radical (unpaired) electrons. The van der Waals surface area contributed by atoms with Crippen LogP contribution in [0.25, 0.3) is 0 Å². The maximum Gasteiger partial charge on any atom is 0.243 e. The van der Waals surface area contributed by atoms with Gasteiger partial charge in [0.05, 0.1) is 27.2 Å². The highest BCUT2D eigenvalue weighted by molar-refractivity contribution is 7.89. The monoisotopic (exact) mass is 374 g/mol. The van der Waals surface area contributed by atoms with Crippen molar-refractivity contribution in [2.45, 2.75) is 37.6 Å². The Morgan fingerprint density at radius 1 is 1.26 bits per heavy atom. The predicted molar refractivity (Wildman–Crippen MR) is 88.4 cm³/mol. The molecule has 0 saturated heterocycles. The van der Waals surface area contributed by atoms with Gasteiger partial charge in [-0.3, -0.25) is 0 Å². The van der Waals surface area contributed by atoms with Gasteiger partial charge in [-0.1, -0.05) is 37.0 Å². The molecule has 1 aliphatic rings. The van der Waals surface area contributed by atoms with E-state index in [4.69, 9.17) is 27.6 Å². The molecule has 0 bridgehead atoms. The van der Waals surface area contributed by atoms with Crippen LogP contribution in [-0.4, -0.2) is 24.3 Å².